The summed E-state index contributed by atoms with van der Waals surface area (Å²) in [4.78, 5) is 28.7. The van der Waals surface area contributed by atoms with E-state index in [-0.39, 0.29) is 17.5 Å². The Morgan fingerprint density at radius 2 is 1.76 bits per heavy atom. The monoisotopic (exact) mass is 334 g/mol. The van der Waals surface area contributed by atoms with Crippen LogP contribution in [-0.2, 0) is 0 Å². The maximum atomic E-state index is 12.4. The third-order valence-corrected chi connectivity index (χ3v) is 4.25. The molecular formula is C19H18N4O2. The van der Waals surface area contributed by atoms with Crippen molar-refractivity contribution in [2.45, 2.75) is 31.7 Å². The van der Waals surface area contributed by atoms with Crippen molar-refractivity contribution in [3.63, 3.8) is 0 Å². The molecule has 2 aromatic rings. The molecule has 1 heterocycles. The lowest BCUT2D eigenvalue weighted by Gasteiger charge is -2.12. The van der Waals surface area contributed by atoms with Gasteiger partial charge in [0.15, 0.2) is 0 Å². The van der Waals surface area contributed by atoms with Crippen molar-refractivity contribution in [1.29, 1.82) is 5.26 Å². The van der Waals surface area contributed by atoms with Gasteiger partial charge in [-0.05, 0) is 31.0 Å². The lowest BCUT2D eigenvalue weighted by molar-refractivity contribution is 0.0937. The topological polar surface area (TPSA) is 94.9 Å². The zero-order valence-electron chi connectivity index (χ0n) is 13.7. The average molecular weight is 334 g/mol. The van der Waals surface area contributed by atoms with Crippen LogP contribution in [0.4, 0.5) is 5.69 Å². The Morgan fingerprint density at radius 3 is 2.48 bits per heavy atom. The summed E-state index contributed by atoms with van der Waals surface area (Å²) in [6, 6.07) is 10.5. The number of benzene rings is 1. The number of carbonyl (C=O) groups is 2. The van der Waals surface area contributed by atoms with Crippen molar-refractivity contribution in [3.8, 4) is 6.07 Å². The van der Waals surface area contributed by atoms with Crippen molar-refractivity contribution in [2.24, 2.45) is 0 Å². The molecule has 0 bridgehead atoms. The normalized spacial score (nSPS) is 13.9. The van der Waals surface area contributed by atoms with E-state index in [0.717, 1.165) is 25.7 Å². The number of amides is 2. The molecule has 25 heavy (non-hydrogen) atoms. The summed E-state index contributed by atoms with van der Waals surface area (Å²) in [7, 11) is 0. The number of rotatable bonds is 4. The fraction of sp³-hybridized carbons (Fsp3) is 0.263. The van der Waals surface area contributed by atoms with Crippen LogP contribution >= 0.6 is 0 Å². The van der Waals surface area contributed by atoms with Crippen molar-refractivity contribution in [3.05, 3.63) is 59.4 Å². The molecule has 3 rings (SSSR count). The molecule has 6 nitrogen and oxygen atoms in total. The Bertz CT molecular complexity index is 835. The maximum absolute atomic E-state index is 12.4. The molecule has 2 N–H and O–H groups in total. The van der Waals surface area contributed by atoms with E-state index in [1.165, 1.54) is 18.5 Å². The third kappa shape index (κ3) is 4.01. The molecule has 0 spiro atoms. The lowest BCUT2D eigenvalue weighted by Crippen LogP contribution is -2.32. The fourth-order valence-electron chi connectivity index (χ4n) is 2.91. The van der Waals surface area contributed by atoms with E-state index in [4.69, 9.17) is 5.26 Å². The summed E-state index contributed by atoms with van der Waals surface area (Å²) in [5, 5.41) is 14.7. The number of pyridine rings is 1. The first kappa shape index (κ1) is 16.7. The second kappa shape index (κ2) is 7.58. The number of nitrogens with one attached hydrogen (secondary N) is 2. The summed E-state index contributed by atoms with van der Waals surface area (Å²) in [5.74, 6) is -0.628. The molecule has 6 heteroatoms. The second-order valence-electron chi connectivity index (χ2n) is 6.03. The molecule has 0 unspecified atom stereocenters. The van der Waals surface area contributed by atoms with Crippen molar-refractivity contribution >= 4 is 17.5 Å². The van der Waals surface area contributed by atoms with Crippen LogP contribution in [0, 0.1) is 11.3 Å². The number of para-hydroxylation sites is 1. The third-order valence-electron chi connectivity index (χ3n) is 4.25. The van der Waals surface area contributed by atoms with Gasteiger partial charge in [-0.1, -0.05) is 25.0 Å². The largest absolute Gasteiger partial charge is 0.349 e. The molecule has 126 valence electrons. The summed E-state index contributed by atoms with van der Waals surface area (Å²) < 4.78 is 0. The first-order chi connectivity index (χ1) is 12.2. The zero-order chi connectivity index (χ0) is 17.6. The van der Waals surface area contributed by atoms with E-state index in [1.807, 2.05) is 6.07 Å². The molecule has 1 aliphatic rings. The Morgan fingerprint density at radius 1 is 1.08 bits per heavy atom. The smallest absolute Gasteiger partial charge is 0.257 e. The minimum absolute atomic E-state index is 0.201. The summed E-state index contributed by atoms with van der Waals surface area (Å²) in [6.45, 7) is 0. The minimum atomic E-state index is -0.411. The number of hydrogen-bond donors (Lipinski definition) is 2. The average Bonchev–Trinajstić information content (AvgIpc) is 3.15. The maximum Gasteiger partial charge on any atom is 0.257 e. The van der Waals surface area contributed by atoms with Gasteiger partial charge in [0.05, 0.1) is 22.4 Å². The predicted octanol–water partition coefficient (Wildman–Crippen LogP) is 2.88. The van der Waals surface area contributed by atoms with Crippen LogP contribution in [0.1, 0.15) is 52.0 Å². The van der Waals surface area contributed by atoms with Crippen LogP contribution in [0.15, 0.2) is 42.7 Å². The number of nitriles is 1. The van der Waals surface area contributed by atoms with Gasteiger partial charge in [-0.25, -0.2) is 0 Å². The van der Waals surface area contributed by atoms with Crippen LogP contribution in [0.25, 0.3) is 0 Å². The Labute approximate surface area is 145 Å². The van der Waals surface area contributed by atoms with E-state index in [1.54, 1.807) is 24.3 Å². The van der Waals surface area contributed by atoms with Crippen molar-refractivity contribution in [2.75, 3.05) is 5.32 Å². The van der Waals surface area contributed by atoms with Gasteiger partial charge < -0.3 is 10.6 Å². The number of carbonyl (C=O) groups excluding carboxylic acids is 2. The fourth-order valence-corrected chi connectivity index (χ4v) is 2.91. The molecule has 1 saturated carbocycles. The van der Waals surface area contributed by atoms with Gasteiger partial charge in [-0.3, -0.25) is 14.6 Å². The molecule has 1 aromatic carbocycles. The lowest BCUT2D eigenvalue weighted by atomic mass is 10.1. The highest BCUT2D eigenvalue weighted by Crippen LogP contribution is 2.18. The molecule has 0 atom stereocenters. The van der Waals surface area contributed by atoms with Crippen LogP contribution in [0.2, 0.25) is 0 Å². The number of anilines is 1. The van der Waals surface area contributed by atoms with E-state index in [0.29, 0.717) is 16.8 Å². The second-order valence-corrected chi connectivity index (χ2v) is 6.03. The summed E-state index contributed by atoms with van der Waals surface area (Å²) >= 11 is 0. The highest BCUT2D eigenvalue weighted by Gasteiger charge is 2.19. The van der Waals surface area contributed by atoms with Crippen LogP contribution in [-0.4, -0.2) is 22.8 Å². The number of hydrogen-bond acceptors (Lipinski definition) is 4. The van der Waals surface area contributed by atoms with Gasteiger partial charge in [0.1, 0.15) is 6.07 Å². The van der Waals surface area contributed by atoms with Gasteiger partial charge in [0, 0.05) is 18.4 Å². The Balaban J connectivity index is 1.73. The number of aromatic nitrogens is 1. The van der Waals surface area contributed by atoms with Gasteiger partial charge in [0.2, 0.25) is 0 Å². The quantitative estimate of drug-likeness (QED) is 0.899. The van der Waals surface area contributed by atoms with Crippen molar-refractivity contribution < 1.29 is 9.59 Å². The SMILES string of the molecule is N#Cc1ccccc1NC(=O)c1cncc(C(=O)NC2CCCC2)c1. The molecule has 2 amide bonds. The van der Waals surface area contributed by atoms with E-state index >= 15 is 0 Å². The summed E-state index contributed by atoms with van der Waals surface area (Å²) in [6.07, 6.45) is 7.09. The molecule has 1 aliphatic carbocycles. The molecule has 0 radical (unpaired) electrons. The first-order valence-electron chi connectivity index (χ1n) is 8.24. The van der Waals surface area contributed by atoms with Gasteiger partial charge in [-0.15, -0.1) is 0 Å². The van der Waals surface area contributed by atoms with Crippen LogP contribution in [0.3, 0.4) is 0 Å². The Hall–Kier alpha value is -3.20. The molecule has 1 fully saturated rings. The molecule has 1 aromatic heterocycles. The molecular weight excluding hydrogens is 316 g/mol. The first-order valence-corrected chi connectivity index (χ1v) is 8.24. The highest BCUT2D eigenvalue weighted by atomic mass is 16.2. The zero-order valence-corrected chi connectivity index (χ0v) is 13.7. The Kier molecular flexibility index (Phi) is 5.05. The van der Waals surface area contributed by atoms with E-state index in [9.17, 15) is 9.59 Å². The minimum Gasteiger partial charge on any atom is -0.349 e. The molecule has 0 aliphatic heterocycles. The van der Waals surface area contributed by atoms with Crippen LogP contribution < -0.4 is 10.6 Å². The van der Waals surface area contributed by atoms with E-state index in [2.05, 4.69) is 15.6 Å². The van der Waals surface area contributed by atoms with Gasteiger partial charge in [0.25, 0.3) is 11.8 Å². The standard InChI is InChI=1S/C19H18N4O2/c20-10-13-5-1-4-8-17(13)23-19(25)15-9-14(11-21-12-15)18(24)22-16-6-2-3-7-16/h1,4-5,8-9,11-12,16H,2-3,6-7H2,(H,22,24)(H,23,25). The van der Waals surface area contributed by atoms with E-state index < -0.39 is 5.91 Å². The van der Waals surface area contributed by atoms with Gasteiger partial charge in [-0.2, -0.15) is 5.26 Å². The van der Waals surface area contributed by atoms with Crippen LogP contribution in [0.5, 0.6) is 0 Å². The summed E-state index contributed by atoms with van der Waals surface area (Å²) in [5.41, 5.74) is 1.43. The van der Waals surface area contributed by atoms with Crippen molar-refractivity contribution in [1.82, 2.24) is 10.3 Å². The van der Waals surface area contributed by atoms with Gasteiger partial charge >= 0.3 is 0 Å². The molecule has 0 saturated heterocycles. The number of nitrogens with zero attached hydrogens (tertiary/aromatic N) is 2. The highest BCUT2D eigenvalue weighted by molar-refractivity contribution is 6.06. The predicted molar refractivity (Wildman–Crippen MR) is 93.1 cm³/mol.